The molecule has 86 valence electrons. The molecule has 0 aromatic carbocycles. The van der Waals surface area contributed by atoms with Gasteiger partial charge in [0.25, 0.3) is 0 Å². The van der Waals surface area contributed by atoms with E-state index in [1.165, 1.54) is 44.3 Å². The lowest BCUT2D eigenvalue weighted by Gasteiger charge is -1.90. The average molecular weight is 292 g/mol. The highest BCUT2D eigenvalue weighted by Gasteiger charge is 2.10. The van der Waals surface area contributed by atoms with E-state index in [2.05, 4.69) is 9.97 Å². The van der Waals surface area contributed by atoms with Gasteiger partial charge < -0.3 is 22.9 Å². The standard InChI is InChI=1S/C6H8N6S4/c7-1-3(9)13-5(11-1)15-16-6-12-2(8)4(10)14-6/h7-10H2. The summed E-state index contributed by atoms with van der Waals surface area (Å²) in [6.07, 6.45) is 0. The van der Waals surface area contributed by atoms with Crippen LogP contribution in [0.1, 0.15) is 0 Å². The highest BCUT2D eigenvalue weighted by molar-refractivity contribution is 8.77. The lowest BCUT2D eigenvalue weighted by molar-refractivity contribution is 1.26. The fraction of sp³-hybridized carbons (Fsp3) is 0. The average Bonchev–Trinajstić information content (AvgIpc) is 2.70. The minimum atomic E-state index is 0.367. The van der Waals surface area contributed by atoms with Crippen molar-refractivity contribution in [1.82, 2.24) is 9.97 Å². The van der Waals surface area contributed by atoms with Crippen LogP contribution >= 0.6 is 44.3 Å². The number of thiazole rings is 2. The Labute approximate surface area is 107 Å². The summed E-state index contributed by atoms with van der Waals surface area (Å²) >= 11 is 2.69. The maximum absolute atomic E-state index is 5.59. The van der Waals surface area contributed by atoms with Crippen LogP contribution in [0.15, 0.2) is 8.68 Å². The van der Waals surface area contributed by atoms with Gasteiger partial charge in [0.05, 0.1) is 0 Å². The largest absolute Gasteiger partial charge is 0.387 e. The molecule has 6 nitrogen and oxygen atoms in total. The molecule has 2 aromatic rings. The van der Waals surface area contributed by atoms with E-state index in [0.717, 1.165) is 8.68 Å². The van der Waals surface area contributed by atoms with E-state index >= 15 is 0 Å². The molecule has 0 spiro atoms. The van der Waals surface area contributed by atoms with Crippen molar-refractivity contribution in [2.24, 2.45) is 0 Å². The number of nitrogens with zero attached hydrogens (tertiary/aromatic N) is 2. The van der Waals surface area contributed by atoms with Gasteiger partial charge in [-0.3, -0.25) is 0 Å². The molecule has 0 saturated heterocycles. The number of nitrogens with two attached hydrogens (primary N) is 4. The molecule has 0 atom stereocenters. The van der Waals surface area contributed by atoms with Gasteiger partial charge in [-0.25, -0.2) is 9.97 Å². The molecule has 0 saturated carbocycles. The highest BCUT2D eigenvalue weighted by atomic mass is 33.1. The van der Waals surface area contributed by atoms with E-state index in [-0.39, 0.29) is 0 Å². The van der Waals surface area contributed by atoms with Crippen molar-refractivity contribution in [2.45, 2.75) is 8.68 Å². The van der Waals surface area contributed by atoms with Crippen LogP contribution in [0.4, 0.5) is 21.6 Å². The Kier molecular flexibility index (Phi) is 3.33. The van der Waals surface area contributed by atoms with Gasteiger partial charge in [-0.2, -0.15) is 0 Å². The van der Waals surface area contributed by atoms with Gasteiger partial charge in [0.15, 0.2) is 20.3 Å². The molecule has 0 aliphatic carbocycles. The monoisotopic (exact) mass is 292 g/mol. The van der Waals surface area contributed by atoms with Crippen LogP contribution in [0.3, 0.4) is 0 Å². The van der Waals surface area contributed by atoms with Crippen LogP contribution in [0, 0.1) is 0 Å². The molecule has 2 aromatic heterocycles. The predicted molar refractivity (Wildman–Crippen MR) is 73.6 cm³/mol. The molecule has 16 heavy (non-hydrogen) atoms. The molecule has 8 N–H and O–H groups in total. The maximum Gasteiger partial charge on any atom is 0.165 e. The van der Waals surface area contributed by atoms with Gasteiger partial charge >= 0.3 is 0 Å². The zero-order chi connectivity index (χ0) is 11.7. The van der Waals surface area contributed by atoms with Crippen LogP contribution in [-0.2, 0) is 0 Å². The van der Waals surface area contributed by atoms with Crippen molar-refractivity contribution >= 4 is 65.9 Å². The second-order valence-corrected chi connectivity index (χ2v) is 7.31. The van der Waals surface area contributed by atoms with Gasteiger partial charge in [0.1, 0.15) is 10.0 Å². The van der Waals surface area contributed by atoms with Crippen molar-refractivity contribution in [3.05, 3.63) is 0 Å². The summed E-state index contributed by atoms with van der Waals surface area (Å²) in [5.41, 5.74) is 22.3. The van der Waals surface area contributed by atoms with Gasteiger partial charge in [0.2, 0.25) is 0 Å². The number of hydrogen-bond acceptors (Lipinski definition) is 10. The third kappa shape index (κ3) is 2.45. The minimum absolute atomic E-state index is 0.367. The Morgan fingerprint density at radius 2 is 1.12 bits per heavy atom. The summed E-state index contributed by atoms with van der Waals surface area (Å²) in [7, 11) is 2.86. The van der Waals surface area contributed by atoms with Gasteiger partial charge in [-0.1, -0.05) is 22.7 Å². The van der Waals surface area contributed by atoms with Crippen molar-refractivity contribution < 1.29 is 0 Å². The van der Waals surface area contributed by atoms with Crippen molar-refractivity contribution in [1.29, 1.82) is 0 Å². The molecule has 0 fully saturated rings. The molecule has 0 bridgehead atoms. The summed E-state index contributed by atoms with van der Waals surface area (Å²) in [5, 5.41) is 1.06. The van der Waals surface area contributed by atoms with E-state index in [1.54, 1.807) is 0 Å². The SMILES string of the molecule is Nc1nc(SSc2nc(N)c(N)s2)sc1N. The summed E-state index contributed by atoms with van der Waals surface area (Å²) in [6, 6.07) is 0. The smallest absolute Gasteiger partial charge is 0.165 e. The number of nitrogen functional groups attached to an aromatic ring is 4. The zero-order valence-corrected chi connectivity index (χ0v) is 11.1. The Bertz CT molecular complexity index is 420. The predicted octanol–water partition coefficient (Wildman–Crippen LogP) is 1.73. The van der Waals surface area contributed by atoms with Gasteiger partial charge in [-0.05, 0) is 21.6 Å². The molecule has 0 radical (unpaired) electrons. The van der Waals surface area contributed by atoms with E-state index < -0.39 is 0 Å². The first-order chi connectivity index (χ1) is 7.56. The molecule has 2 rings (SSSR count). The second-order valence-electron chi connectivity index (χ2n) is 2.63. The van der Waals surface area contributed by atoms with E-state index in [9.17, 15) is 0 Å². The molecule has 0 aliphatic rings. The summed E-state index contributed by atoms with van der Waals surface area (Å²) in [5.74, 6) is 0.734. The second kappa shape index (κ2) is 4.57. The summed E-state index contributed by atoms with van der Waals surface area (Å²) in [6.45, 7) is 0. The Morgan fingerprint density at radius 1 is 0.750 bits per heavy atom. The van der Waals surface area contributed by atoms with Crippen LogP contribution in [0.5, 0.6) is 0 Å². The third-order valence-corrected chi connectivity index (χ3v) is 6.28. The number of hydrogen-bond donors (Lipinski definition) is 4. The normalized spacial score (nSPS) is 10.8. The molecular weight excluding hydrogens is 284 g/mol. The van der Waals surface area contributed by atoms with Crippen molar-refractivity contribution in [2.75, 3.05) is 22.9 Å². The number of rotatable bonds is 3. The van der Waals surface area contributed by atoms with Crippen LogP contribution in [-0.4, -0.2) is 9.97 Å². The Morgan fingerprint density at radius 3 is 1.38 bits per heavy atom. The topological polar surface area (TPSA) is 130 Å². The van der Waals surface area contributed by atoms with Crippen LogP contribution in [0.25, 0.3) is 0 Å². The number of aromatic nitrogens is 2. The molecule has 10 heteroatoms. The molecule has 0 amide bonds. The van der Waals surface area contributed by atoms with E-state index in [4.69, 9.17) is 22.9 Å². The molecular formula is C6H8N6S4. The molecule has 0 unspecified atom stereocenters. The minimum Gasteiger partial charge on any atom is -0.387 e. The first-order valence-electron chi connectivity index (χ1n) is 3.94. The highest BCUT2D eigenvalue weighted by Crippen LogP contribution is 2.44. The van der Waals surface area contributed by atoms with Crippen molar-refractivity contribution in [3.8, 4) is 0 Å². The first kappa shape index (κ1) is 11.6. The van der Waals surface area contributed by atoms with Crippen LogP contribution < -0.4 is 22.9 Å². The Balaban J connectivity index is 2.02. The summed E-state index contributed by atoms with van der Waals surface area (Å²) < 4.78 is 1.57. The van der Waals surface area contributed by atoms with Gasteiger partial charge in [0, 0.05) is 0 Å². The molecule has 2 heterocycles. The van der Waals surface area contributed by atoms with Crippen molar-refractivity contribution in [3.63, 3.8) is 0 Å². The fourth-order valence-corrected chi connectivity index (χ4v) is 4.85. The first-order valence-corrected chi connectivity index (χ1v) is 7.72. The summed E-state index contributed by atoms with van der Waals surface area (Å²) in [4.78, 5) is 8.16. The van der Waals surface area contributed by atoms with E-state index in [0.29, 0.717) is 21.6 Å². The molecule has 0 aliphatic heterocycles. The lowest BCUT2D eigenvalue weighted by Crippen LogP contribution is -1.89. The number of anilines is 4. The lowest BCUT2D eigenvalue weighted by atomic mass is 10.7. The third-order valence-electron chi connectivity index (χ3n) is 1.51. The maximum atomic E-state index is 5.59. The van der Waals surface area contributed by atoms with Gasteiger partial charge in [-0.15, -0.1) is 0 Å². The Hall–Kier alpha value is -0.840. The fourth-order valence-electron chi connectivity index (χ4n) is 0.788. The quantitative estimate of drug-likeness (QED) is 0.629. The van der Waals surface area contributed by atoms with E-state index in [1.807, 2.05) is 0 Å². The zero-order valence-electron chi connectivity index (χ0n) is 7.84. The van der Waals surface area contributed by atoms with Crippen LogP contribution in [0.2, 0.25) is 0 Å².